The van der Waals surface area contributed by atoms with Gasteiger partial charge in [-0.25, -0.2) is 9.37 Å². The minimum Gasteiger partial charge on any atom is -0.352 e. The van der Waals surface area contributed by atoms with Gasteiger partial charge in [0.2, 0.25) is 11.9 Å². The van der Waals surface area contributed by atoms with E-state index >= 15 is 4.39 Å². The molecule has 6 rings (SSSR count). The van der Waals surface area contributed by atoms with Crippen molar-refractivity contribution in [2.45, 2.75) is 39.8 Å². The van der Waals surface area contributed by atoms with Gasteiger partial charge in [-0.2, -0.15) is 10.1 Å². The number of nitrogens with zero attached hydrogens (tertiary/aromatic N) is 7. The molecule has 1 unspecified atom stereocenters. The molecule has 1 N–H and O–H groups in total. The smallest absolute Gasteiger partial charge is 0.246 e. The first-order valence-corrected chi connectivity index (χ1v) is 14.9. The van der Waals surface area contributed by atoms with Gasteiger partial charge < -0.3 is 14.7 Å². The number of hydrogen-bond donors (Lipinski definition) is 1. The minimum absolute atomic E-state index is 0.0750. The number of anilines is 2. The summed E-state index contributed by atoms with van der Waals surface area (Å²) in [5.74, 6) is 0.548. The molecule has 0 spiro atoms. The lowest BCUT2D eigenvalue weighted by Gasteiger charge is -2.45. The average molecular weight is 591 g/mol. The molecule has 4 heterocycles. The van der Waals surface area contributed by atoms with E-state index < -0.39 is 5.82 Å². The third kappa shape index (κ3) is 4.66. The summed E-state index contributed by atoms with van der Waals surface area (Å²) in [6.07, 6.45) is 3.07. The van der Waals surface area contributed by atoms with Crippen molar-refractivity contribution in [3.05, 3.63) is 53.5 Å². The first-order valence-electron chi connectivity index (χ1n) is 14.5. The number of nitrogens with one attached hydrogen (secondary N) is 1. The zero-order valence-corrected chi connectivity index (χ0v) is 25.2. The van der Waals surface area contributed by atoms with E-state index in [1.165, 1.54) is 6.08 Å². The molecule has 2 aliphatic heterocycles. The Labute approximate surface area is 249 Å². The van der Waals surface area contributed by atoms with Crippen molar-refractivity contribution in [1.29, 1.82) is 0 Å². The van der Waals surface area contributed by atoms with Crippen molar-refractivity contribution in [1.82, 2.24) is 30.0 Å². The molecule has 9 nitrogen and oxygen atoms in total. The number of carbonyl (C=O) groups excluding carboxylic acids is 1. The fourth-order valence-corrected chi connectivity index (χ4v) is 6.69. The Morgan fingerprint density at radius 1 is 1.17 bits per heavy atom. The topological polar surface area (TPSA) is 84.5 Å². The van der Waals surface area contributed by atoms with Crippen LogP contribution in [0.3, 0.4) is 0 Å². The minimum atomic E-state index is -0.484. The van der Waals surface area contributed by atoms with E-state index in [1.807, 2.05) is 26.0 Å². The number of fused-ring (bicyclic) bond motifs is 2. The van der Waals surface area contributed by atoms with Gasteiger partial charge in [0, 0.05) is 66.7 Å². The standard InChI is InChI=1S/C31H36ClFN8O/c1-6-24(42)41-12-11-39(15-19(41)5)30-22-13-23(32)26(25-18(4)9-10-20-14-34-37-28(20)25)27(33)29(22)35-31(36-30)40-16-21(17-40)38(7-2)8-3/h6,9-10,13-14,19,21H,1,7-8,11-12,15-17H2,2-5H3,(H,34,37). The van der Waals surface area contributed by atoms with Gasteiger partial charge in [-0.15, -0.1) is 0 Å². The molecule has 42 heavy (non-hydrogen) atoms. The van der Waals surface area contributed by atoms with E-state index in [9.17, 15) is 4.79 Å². The van der Waals surface area contributed by atoms with E-state index in [0.717, 1.165) is 42.6 Å². The first kappa shape index (κ1) is 28.4. The number of carbonyl (C=O) groups is 1. The Bertz CT molecular complexity index is 1680. The number of aromatic amines is 1. The fourth-order valence-electron chi connectivity index (χ4n) is 6.40. The molecule has 220 valence electrons. The van der Waals surface area contributed by atoms with Crippen LogP contribution in [0.4, 0.5) is 16.2 Å². The summed E-state index contributed by atoms with van der Waals surface area (Å²) in [6, 6.07) is 6.01. The van der Waals surface area contributed by atoms with Crippen LogP contribution >= 0.6 is 11.6 Å². The van der Waals surface area contributed by atoms with Crippen molar-refractivity contribution in [3.8, 4) is 11.1 Å². The van der Waals surface area contributed by atoms with Gasteiger partial charge in [0.15, 0.2) is 5.82 Å². The van der Waals surface area contributed by atoms with Crippen LogP contribution < -0.4 is 9.80 Å². The van der Waals surface area contributed by atoms with Gasteiger partial charge in [0.05, 0.1) is 16.7 Å². The summed E-state index contributed by atoms with van der Waals surface area (Å²) in [6.45, 7) is 17.0. The molecule has 1 atom stereocenters. The molecule has 2 aromatic carbocycles. The maximum Gasteiger partial charge on any atom is 0.246 e. The van der Waals surface area contributed by atoms with Gasteiger partial charge in [0.1, 0.15) is 11.3 Å². The molecule has 2 saturated heterocycles. The fraction of sp³-hybridized carbons (Fsp3) is 0.419. The molecule has 0 aliphatic carbocycles. The van der Waals surface area contributed by atoms with Crippen LogP contribution in [0.2, 0.25) is 5.02 Å². The van der Waals surface area contributed by atoms with E-state index in [0.29, 0.717) is 54.0 Å². The quantitative estimate of drug-likeness (QED) is 0.302. The monoisotopic (exact) mass is 590 g/mol. The SMILES string of the molecule is C=CC(=O)N1CCN(c2nc(N3CC(N(CC)CC)C3)nc3c(F)c(-c4c(C)ccc5cn[nH]c45)c(Cl)cc23)CC1C. The van der Waals surface area contributed by atoms with Crippen LogP contribution in [-0.2, 0) is 4.79 Å². The largest absolute Gasteiger partial charge is 0.352 e. The molecule has 2 aromatic heterocycles. The number of likely N-dealkylation sites (N-methyl/N-ethyl adjacent to an activating group) is 1. The summed E-state index contributed by atoms with van der Waals surface area (Å²) in [5, 5.41) is 8.91. The molecule has 0 saturated carbocycles. The van der Waals surface area contributed by atoms with Crippen molar-refractivity contribution >= 4 is 51.1 Å². The van der Waals surface area contributed by atoms with Gasteiger partial charge in [-0.3, -0.25) is 14.8 Å². The maximum atomic E-state index is 16.8. The molecule has 2 fully saturated rings. The zero-order valence-electron chi connectivity index (χ0n) is 24.5. The molecule has 11 heteroatoms. The lowest BCUT2D eigenvalue weighted by molar-refractivity contribution is -0.128. The Kier molecular flexibility index (Phi) is 7.53. The number of amides is 1. The van der Waals surface area contributed by atoms with Crippen LogP contribution in [0.1, 0.15) is 26.3 Å². The number of rotatable bonds is 7. The molecular formula is C31H36ClFN8O. The Hall–Kier alpha value is -3.76. The number of aryl methyl sites for hydroxylation is 1. The summed E-state index contributed by atoms with van der Waals surface area (Å²) >= 11 is 6.90. The average Bonchev–Trinajstić information content (AvgIpc) is 3.44. The van der Waals surface area contributed by atoms with Gasteiger partial charge in [-0.1, -0.05) is 44.2 Å². The third-order valence-corrected chi connectivity index (χ3v) is 9.08. The molecule has 4 aromatic rings. The summed E-state index contributed by atoms with van der Waals surface area (Å²) in [7, 11) is 0. The highest BCUT2D eigenvalue weighted by Crippen LogP contribution is 2.42. The normalized spacial score (nSPS) is 17.9. The second kappa shape index (κ2) is 11.1. The summed E-state index contributed by atoms with van der Waals surface area (Å²) in [4.78, 5) is 30.7. The van der Waals surface area contributed by atoms with E-state index in [2.05, 4.69) is 45.3 Å². The van der Waals surface area contributed by atoms with E-state index in [-0.39, 0.29) is 22.5 Å². The van der Waals surface area contributed by atoms with Crippen LogP contribution in [0.5, 0.6) is 0 Å². The second-order valence-electron chi connectivity index (χ2n) is 11.2. The highest BCUT2D eigenvalue weighted by molar-refractivity contribution is 6.35. The predicted molar refractivity (Wildman–Crippen MR) is 167 cm³/mol. The Morgan fingerprint density at radius 3 is 2.62 bits per heavy atom. The van der Waals surface area contributed by atoms with Crippen LogP contribution in [0.25, 0.3) is 32.9 Å². The molecule has 1 amide bonds. The molecular weight excluding hydrogens is 555 g/mol. The van der Waals surface area contributed by atoms with Crippen molar-refractivity contribution in [2.75, 3.05) is 55.6 Å². The van der Waals surface area contributed by atoms with Gasteiger partial charge in [-0.05, 0) is 44.6 Å². The van der Waals surface area contributed by atoms with Gasteiger partial charge in [0.25, 0.3) is 0 Å². The van der Waals surface area contributed by atoms with Gasteiger partial charge >= 0.3 is 0 Å². The summed E-state index contributed by atoms with van der Waals surface area (Å²) in [5.41, 5.74) is 2.81. The number of piperazine rings is 1. The molecule has 2 aliphatic rings. The highest BCUT2D eigenvalue weighted by Gasteiger charge is 2.35. The highest BCUT2D eigenvalue weighted by atomic mass is 35.5. The Balaban J connectivity index is 1.49. The van der Waals surface area contributed by atoms with Crippen LogP contribution in [0.15, 0.2) is 37.1 Å². The van der Waals surface area contributed by atoms with E-state index in [4.69, 9.17) is 21.6 Å². The number of aromatic nitrogens is 4. The number of hydrogen-bond acceptors (Lipinski definition) is 7. The lowest BCUT2D eigenvalue weighted by Crippen LogP contribution is -2.60. The van der Waals surface area contributed by atoms with Crippen LogP contribution in [-0.4, -0.2) is 93.8 Å². The van der Waals surface area contributed by atoms with Crippen molar-refractivity contribution < 1.29 is 9.18 Å². The number of benzene rings is 2. The first-order chi connectivity index (χ1) is 20.2. The van der Waals surface area contributed by atoms with E-state index in [1.54, 1.807) is 17.2 Å². The van der Waals surface area contributed by atoms with Crippen LogP contribution in [0, 0.1) is 12.7 Å². The number of H-pyrrole nitrogens is 1. The van der Waals surface area contributed by atoms with Crippen molar-refractivity contribution in [2.24, 2.45) is 0 Å². The molecule has 0 radical (unpaired) electrons. The Morgan fingerprint density at radius 2 is 1.93 bits per heavy atom. The molecule has 0 bridgehead atoms. The van der Waals surface area contributed by atoms with Crippen molar-refractivity contribution in [3.63, 3.8) is 0 Å². The zero-order chi connectivity index (χ0) is 29.7. The second-order valence-corrected chi connectivity index (χ2v) is 11.6. The summed E-state index contributed by atoms with van der Waals surface area (Å²) < 4.78 is 16.8. The lowest BCUT2D eigenvalue weighted by atomic mass is 9.96. The predicted octanol–water partition coefficient (Wildman–Crippen LogP) is 5.03. The third-order valence-electron chi connectivity index (χ3n) is 8.79. The maximum absolute atomic E-state index is 16.8. The number of halogens is 2.